The Morgan fingerprint density at radius 3 is 2.57 bits per heavy atom. The molecule has 1 atom stereocenters. The standard InChI is InChI=1S/C13H15N5O3/c1-2-3-11(13(20)21)15-12(19)9-4-6-10(7-5-9)18-8-14-16-17-18/h4-8,11H,2-3H2,1H3,(H,15,19)(H,20,21)/t11-/m1/s1. The van der Waals surface area contributed by atoms with Crippen LogP contribution < -0.4 is 5.32 Å². The van der Waals surface area contributed by atoms with Gasteiger partial charge in [-0.2, -0.15) is 0 Å². The van der Waals surface area contributed by atoms with Crippen molar-refractivity contribution in [1.82, 2.24) is 25.5 Å². The van der Waals surface area contributed by atoms with Crippen molar-refractivity contribution in [3.63, 3.8) is 0 Å². The largest absolute Gasteiger partial charge is 0.480 e. The summed E-state index contributed by atoms with van der Waals surface area (Å²) in [6.45, 7) is 1.86. The fourth-order valence-electron chi connectivity index (χ4n) is 1.83. The SMILES string of the molecule is CCC[C@@H](NC(=O)c1ccc(-n2cnnn2)cc1)C(=O)O. The monoisotopic (exact) mass is 289 g/mol. The van der Waals surface area contributed by atoms with E-state index in [0.29, 0.717) is 24.1 Å². The molecule has 1 aromatic heterocycles. The highest BCUT2D eigenvalue weighted by atomic mass is 16.4. The summed E-state index contributed by atoms with van der Waals surface area (Å²) in [7, 11) is 0. The van der Waals surface area contributed by atoms with Gasteiger partial charge in [-0.15, -0.1) is 5.10 Å². The molecule has 0 saturated heterocycles. The number of benzene rings is 1. The summed E-state index contributed by atoms with van der Waals surface area (Å²) in [5.74, 6) is -1.45. The summed E-state index contributed by atoms with van der Waals surface area (Å²) < 4.78 is 1.46. The predicted molar refractivity (Wildman–Crippen MR) is 73.0 cm³/mol. The van der Waals surface area contributed by atoms with Crippen LogP contribution in [-0.2, 0) is 4.79 Å². The van der Waals surface area contributed by atoms with Crippen molar-refractivity contribution < 1.29 is 14.7 Å². The fraction of sp³-hybridized carbons (Fsp3) is 0.308. The van der Waals surface area contributed by atoms with E-state index in [1.807, 2.05) is 6.92 Å². The minimum Gasteiger partial charge on any atom is -0.480 e. The van der Waals surface area contributed by atoms with Crippen LogP contribution in [0.1, 0.15) is 30.1 Å². The van der Waals surface area contributed by atoms with Crippen molar-refractivity contribution in [3.05, 3.63) is 36.2 Å². The number of aromatic nitrogens is 4. The quantitative estimate of drug-likeness (QED) is 0.807. The molecule has 110 valence electrons. The number of hydrogen-bond acceptors (Lipinski definition) is 5. The summed E-state index contributed by atoms with van der Waals surface area (Å²) in [6.07, 6.45) is 2.51. The van der Waals surface area contributed by atoms with Gasteiger partial charge in [0.25, 0.3) is 5.91 Å². The summed E-state index contributed by atoms with van der Waals surface area (Å²) in [4.78, 5) is 23.0. The van der Waals surface area contributed by atoms with E-state index < -0.39 is 17.9 Å². The number of nitrogens with one attached hydrogen (secondary N) is 1. The molecule has 2 N–H and O–H groups in total. The number of carbonyl (C=O) groups excluding carboxylic acids is 1. The van der Waals surface area contributed by atoms with E-state index in [1.165, 1.54) is 11.0 Å². The number of carboxylic acids is 1. The van der Waals surface area contributed by atoms with Gasteiger partial charge in [0.05, 0.1) is 5.69 Å². The third kappa shape index (κ3) is 3.62. The maximum absolute atomic E-state index is 12.0. The Morgan fingerprint density at radius 2 is 2.05 bits per heavy atom. The average Bonchev–Trinajstić information content (AvgIpc) is 3.01. The van der Waals surface area contributed by atoms with Crippen LogP contribution in [0, 0.1) is 0 Å². The van der Waals surface area contributed by atoms with Gasteiger partial charge in [-0.25, -0.2) is 9.48 Å². The molecule has 8 heteroatoms. The number of carboxylic acid groups (broad SMARTS) is 1. The third-order valence-electron chi connectivity index (χ3n) is 2.92. The Bertz CT molecular complexity index is 609. The average molecular weight is 289 g/mol. The molecule has 0 bridgehead atoms. The van der Waals surface area contributed by atoms with Gasteiger partial charge in [0.15, 0.2) is 0 Å². The maximum Gasteiger partial charge on any atom is 0.326 e. The Hall–Kier alpha value is -2.77. The lowest BCUT2D eigenvalue weighted by Crippen LogP contribution is -2.40. The Labute approximate surface area is 120 Å². The van der Waals surface area contributed by atoms with Crippen LogP contribution in [0.5, 0.6) is 0 Å². The van der Waals surface area contributed by atoms with Crippen LogP contribution in [-0.4, -0.2) is 43.2 Å². The summed E-state index contributed by atoms with van der Waals surface area (Å²) >= 11 is 0. The van der Waals surface area contributed by atoms with E-state index in [9.17, 15) is 9.59 Å². The highest BCUT2D eigenvalue weighted by Crippen LogP contribution is 2.08. The van der Waals surface area contributed by atoms with Crippen molar-refractivity contribution >= 4 is 11.9 Å². The van der Waals surface area contributed by atoms with Crippen molar-refractivity contribution in [2.45, 2.75) is 25.8 Å². The van der Waals surface area contributed by atoms with Crippen LogP contribution in [0.2, 0.25) is 0 Å². The van der Waals surface area contributed by atoms with E-state index >= 15 is 0 Å². The Kier molecular flexibility index (Phi) is 4.60. The molecule has 21 heavy (non-hydrogen) atoms. The van der Waals surface area contributed by atoms with Gasteiger partial charge < -0.3 is 10.4 Å². The fourth-order valence-corrected chi connectivity index (χ4v) is 1.83. The van der Waals surface area contributed by atoms with Gasteiger partial charge in [-0.05, 0) is 41.1 Å². The lowest BCUT2D eigenvalue weighted by molar-refractivity contribution is -0.139. The number of rotatable bonds is 6. The lowest BCUT2D eigenvalue weighted by atomic mass is 10.1. The van der Waals surface area contributed by atoms with Gasteiger partial charge in [-0.3, -0.25) is 4.79 Å². The summed E-state index contributed by atoms with van der Waals surface area (Å²) in [5, 5.41) is 22.3. The molecular formula is C13H15N5O3. The number of hydrogen-bond donors (Lipinski definition) is 2. The molecule has 0 aliphatic heterocycles. The van der Waals surface area contributed by atoms with Crippen molar-refractivity contribution in [1.29, 1.82) is 0 Å². The number of tetrazole rings is 1. The van der Waals surface area contributed by atoms with Gasteiger partial charge >= 0.3 is 5.97 Å². The minimum absolute atomic E-state index is 0.383. The van der Waals surface area contributed by atoms with Crippen LogP contribution in [0.4, 0.5) is 0 Å². The van der Waals surface area contributed by atoms with Crippen molar-refractivity contribution in [3.8, 4) is 5.69 Å². The molecule has 0 aliphatic rings. The zero-order chi connectivity index (χ0) is 15.2. The molecule has 0 aliphatic carbocycles. The molecule has 0 unspecified atom stereocenters. The minimum atomic E-state index is -1.03. The molecule has 1 aromatic carbocycles. The second-order valence-corrected chi connectivity index (χ2v) is 4.45. The molecular weight excluding hydrogens is 274 g/mol. The summed E-state index contributed by atoms with van der Waals surface area (Å²) in [5.41, 5.74) is 1.09. The first-order valence-electron chi connectivity index (χ1n) is 6.49. The van der Waals surface area contributed by atoms with E-state index in [-0.39, 0.29) is 0 Å². The highest BCUT2D eigenvalue weighted by Gasteiger charge is 2.19. The third-order valence-corrected chi connectivity index (χ3v) is 2.92. The highest BCUT2D eigenvalue weighted by molar-refractivity contribution is 5.96. The summed E-state index contributed by atoms with van der Waals surface area (Å²) in [6, 6.07) is 5.68. The van der Waals surface area contributed by atoms with E-state index in [0.717, 1.165) is 0 Å². The van der Waals surface area contributed by atoms with E-state index in [4.69, 9.17) is 5.11 Å². The second kappa shape index (κ2) is 6.60. The van der Waals surface area contributed by atoms with Gasteiger partial charge in [0.2, 0.25) is 0 Å². The molecule has 8 nitrogen and oxygen atoms in total. The Balaban J connectivity index is 2.07. The first-order chi connectivity index (χ1) is 10.1. The Morgan fingerprint density at radius 1 is 1.33 bits per heavy atom. The van der Waals surface area contributed by atoms with E-state index in [2.05, 4.69) is 20.8 Å². The zero-order valence-electron chi connectivity index (χ0n) is 11.4. The van der Waals surface area contributed by atoms with Gasteiger partial charge in [0, 0.05) is 5.56 Å². The zero-order valence-corrected chi connectivity index (χ0v) is 11.4. The molecule has 1 heterocycles. The van der Waals surface area contributed by atoms with E-state index in [1.54, 1.807) is 24.3 Å². The molecule has 2 rings (SSSR count). The predicted octanol–water partition coefficient (Wildman–Crippen LogP) is 0.645. The van der Waals surface area contributed by atoms with Gasteiger partial charge in [-0.1, -0.05) is 13.3 Å². The second-order valence-electron chi connectivity index (χ2n) is 4.45. The van der Waals surface area contributed by atoms with Crippen LogP contribution in [0.3, 0.4) is 0 Å². The first kappa shape index (κ1) is 14.6. The topological polar surface area (TPSA) is 110 Å². The normalized spacial score (nSPS) is 11.9. The van der Waals surface area contributed by atoms with Crippen LogP contribution in [0.25, 0.3) is 5.69 Å². The molecule has 0 saturated carbocycles. The van der Waals surface area contributed by atoms with Crippen LogP contribution >= 0.6 is 0 Å². The van der Waals surface area contributed by atoms with Gasteiger partial charge in [0.1, 0.15) is 12.4 Å². The lowest BCUT2D eigenvalue weighted by Gasteiger charge is -2.13. The van der Waals surface area contributed by atoms with Crippen molar-refractivity contribution in [2.24, 2.45) is 0 Å². The van der Waals surface area contributed by atoms with Crippen molar-refractivity contribution in [2.75, 3.05) is 0 Å². The first-order valence-corrected chi connectivity index (χ1v) is 6.49. The molecule has 0 fully saturated rings. The molecule has 0 spiro atoms. The molecule has 1 amide bonds. The number of aliphatic carboxylic acids is 1. The number of nitrogens with zero attached hydrogens (tertiary/aromatic N) is 4. The van der Waals surface area contributed by atoms with Crippen LogP contribution in [0.15, 0.2) is 30.6 Å². The number of carbonyl (C=O) groups is 2. The number of amides is 1. The smallest absolute Gasteiger partial charge is 0.326 e. The molecule has 2 aromatic rings. The molecule has 0 radical (unpaired) electrons. The maximum atomic E-state index is 12.0.